The number of thioether (sulfide) groups is 1. The van der Waals surface area contributed by atoms with Gasteiger partial charge in [0.15, 0.2) is 0 Å². The van der Waals surface area contributed by atoms with Gasteiger partial charge in [0.1, 0.15) is 0 Å². The molecule has 19 heavy (non-hydrogen) atoms. The van der Waals surface area contributed by atoms with Crippen LogP contribution in [0.25, 0.3) is 0 Å². The van der Waals surface area contributed by atoms with E-state index in [4.69, 9.17) is 0 Å². The summed E-state index contributed by atoms with van der Waals surface area (Å²) < 4.78 is 0. The summed E-state index contributed by atoms with van der Waals surface area (Å²) >= 11 is 1.94. The van der Waals surface area contributed by atoms with E-state index in [1.807, 2.05) is 41.8 Å². The van der Waals surface area contributed by atoms with Gasteiger partial charge in [-0.1, -0.05) is 30.3 Å². The maximum absolute atomic E-state index is 12.3. The lowest BCUT2D eigenvalue weighted by Crippen LogP contribution is -2.42. The standard InChI is InChI=1S/C15H22N2OS/c1-2-17(11-13-6-4-3-5-7-13)15(18)10-14-12-19-9-8-16-14/h3-7,14,16H,2,8-12H2,1H3. The highest BCUT2D eigenvalue weighted by atomic mass is 32.2. The lowest BCUT2D eigenvalue weighted by molar-refractivity contribution is -0.132. The van der Waals surface area contributed by atoms with E-state index in [0.29, 0.717) is 12.5 Å². The first kappa shape index (κ1) is 14.4. The van der Waals surface area contributed by atoms with Gasteiger partial charge in [0.2, 0.25) is 5.91 Å². The van der Waals surface area contributed by atoms with Gasteiger partial charge in [0, 0.05) is 43.6 Å². The first-order chi connectivity index (χ1) is 9.29. The predicted octanol–water partition coefficient (Wildman–Crippen LogP) is 2.13. The van der Waals surface area contributed by atoms with Crippen LogP contribution in [0.15, 0.2) is 30.3 Å². The number of carbonyl (C=O) groups excluding carboxylic acids is 1. The predicted molar refractivity (Wildman–Crippen MR) is 81.3 cm³/mol. The zero-order valence-electron chi connectivity index (χ0n) is 11.5. The van der Waals surface area contributed by atoms with E-state index in [2.05, 4.69) is 17.4 Å². The maximum Gasteiger partial charge on any atom is 0.224 e. The zero-order valence-corrected chi connectivity index (χ0v) is 12.3. The van der Waals surface area contributed by atoms with Crippen molar-refractivity contribution in [3.05, 3.63) is 35.9 Å². The second kappa shape index (κ2) is 7.56. The Labute approximate surface area is 119 Å². The summed E-state index contributed by atoms with van der Waals surface area (Å²) in [6, 6.07) is 10.5. The van der Waals surface area contributed by atoms with Crippen molar-refractivity contribution in [1.82, 2.24) is 10.2 Å². The molecule has 1 amide bonds. The monoisotopic (exact) mass is 278 g/mol. The van der Waals surface area contributed by atoms with Crippen molar-refractivity contribution >= 4 is 17.7 Å². The molecule has 1 fully saturated rings. The fourth-order valence-corrected chi connectivity index (χ4v) is 3.22. The molecule has 0 spiro atoms. The van der Waals surface area contributed by atoms with E-state index < -0.39 is 0 Å². The van der Waals surface area contributed by atoms with Gasteiger partial charge >= 0.3 is 0 Å². The van der Waals surface area contributed by atoms with Gasteiger partial charge in [0.25, 0.3) is 0 Å². The maximum atomic E-state index is 12.3. The van der Waals surface area contributed by atoms with Crippen LogP contribution in [0.1, 0.15) is 18.9 Å². The van der Waals surface area contributed by atoms with Gasteiger partial charge in [-0.3, -0.25) is 4.79 Å². The van der Waals surface area contributed by atoms with Gasteiger partial charge in [-0.25, -0.2) is 0 Å². The number of hydrogen-bond donors (Lipinski definition) is 1. The first-order valence-electron chi connectivity index (χ1n) is 6.92. The van der Waals surface area contributed by atoms with Crippen molar-refractivity contribution in [3.63, 3.8) is 0 Å². The average Bonchev–Trinajstić information content (AvgIpc) is 2.47. The molecule has 4 heteroatoms. The highest BCUT2D eigenvalue weighted by molar-refractivity contribution is 7.99. The molecular formula is C15H22N2OS. The minimum Gasteiger partial charge on any atom is -0.339 e. The highest BCUT2D eigenvalue weighted by Crippen LogP contribution is 2.13. The summed E-state index contributed by atoms with van der Waals surface area (Å²) in [7, 11) is 0. The molecule has 0 bridgehead atoms. The molecule has 1 N–H and O–H groups in total. The fourth-order valence-electron chi connectivity index (χ4n) is 2.27. The minimum atomic E-state index is 0.256. The van der Waals surface area contributed by atoms with Crippen LogP contribution < -0.4 is 5.32 Å². The Morgan fingerprint density at radius 3 is 2.84 bits per heavy atom. The van der Waals surface area contributed by atoms with Crippen molar-refractivity contribution in [1.29, 1.82) is 0 Å². The number of amides is 1. The minimum absolute atomic E-state index is 0.256. The quantitative estimate of drug-likeness (QED) is 0.895. The van der Waals surface area contributed by atoms with Crippen LogP contribution in [0.2, 0.25) is 0 Å². The summed E-state index contributed by atoms with van der Waals surface area (Å²) in [5.74, 6) is 2.47. The van der Waals surface area contributed by atoms with Crippen molar-refractivity contribution < 1.29 is 4.79 Å². The van der Waals surface area contributed by atoms with Crippen molar-refractivity contribution in [2.45, 2.75) is 25.9 Å². The topological polar surface area (TPSA) is 32.3 Å². The van der Waals surface area contributed by atoms with Crippen LogP contribution in [-0.2, 0) is 11.3 Å². The van der Waals surface area contributed by atoms with Gasteiger partial charge < -0.3 is 10.2 Å². The lowest BCUT2D eigenvalue weighted by atomic mass is 10.1. The highest BCUT2D eigenvalue weighted by Gasteiger charge is 2.20. The van der Waals surface area contributed by atoms with E-state index in [9.17, 15) is 4.79 Å². The summed E-state index contributed by atoms with van der Waals surface area (Å²) in [4.78, 5) is 14.3. The third-order valence-electron chi connectivity index (χ3n) is 3.37. The molecule has 1 aromatic carbocycles. The number of rotatable bonds is 5. The lowest BCUT2D eigenvalue weighted by Gasteiger charge is -2.27. The van der Waals surface area contributed by atoms with Gasteiger partial charge in [-0.15, -0.1) is 0 Å². The van der Waals surface area contributed by atoms with Gasteiger partial charge in [-0.05, 0) is 12.5 Å². The molecule has 1 saturated heterocycles. The van der Waals surface area contributed by atoms with Crippen LogP contribution in [0.3, 0.4) is 0 Å². The number of nitrogens with one attached hydrogen (secondary N) is 1. The average molecular weight is 278 g/mol. The van der Waals surface area contributed by atoms with Crippen LogP contribution >= 0.6 is 11.8 Å². The number of carbonyl (C=O) groups is 1. The molecule has 0 radical (unpaired) electrons. The van der Waals surface area contributed by atoms with E-state index in [1.54, 1.807) is 0 Å². The van der Waals surface area contributed by atoms with Crippen molar-refractivity contribution in [2.24, 2.45) is 0 Å². The zero-order chi connectivity index (χ0) is 13.5. The Bertz CT molecular complexity index is 390. The Balaban J connectivity index is 1.87. The molecule has 3 nitrogen and oxygen atoms in total. The SMILES string of the molecule is CCN(Cc1ccccc1)C(=O)CC1CSCCN1. The van der Waals surface area contributed by atoms with Crippen LogP contribution in [0, 0.1) is 0 Å². The second-order valence-electron chi connectivity index (χ2n) is 4.82. The molecule has 0 aromatic heterocycles. The van der Waals surface area contributed by atoms with Crippen LogP contribution in [-0.4, -0.2) is 41.4 Å². The third kappa shape index (κ3) is 4.55. The molecule has 1 atom stereocenters. The summed E-state index contributed by atoms with van der Waals surface area (Å²) in [5.41, 5.74) is 1.20. The largest absolute Gasteiger partial charge is 0.339 e. The summed E-state index contributed by atoms with van der Waals surface area (Å²) in [5, 5.41) is 3.42. The number of benzene rings is 1. The normalized spacial score (nSPS) is 19.1. The smallest absolute Gasteiger partial charge is 0.224 e. The second-order valence-corrected chi connectivity index (χ2v) is 5.97. The summed E-state index contributed by atoms with van der Waals surface area (Å²) in [6.45, 7) is 4.56. The molecule has 1 unspecified atom stereocenters. The van der Waals surface area contributed by atoms with E-state index in [0.717, 1.165) is 31.1 Å². The molecule has 1 aromatic rings. The fraction of sp³-hybridized carbons (Fsp3) is 0.533. The Kier molecular flexibility index (Phi) is 5.73. The van der Waals surface area contributed by atoms with Gasteiger partial charge in [0.05, 0.1) is 0 Å². The van der Waals surface area contributed by atoms with Gasteiger partial charge in [-0.2, -0.15) is 11.8 Å². The van der Waals surface area contributed by atoms with Crippen LogP contribution in [0.5, 0.6) is 0 Å². The molecule has 104 valence electrons. The number of nitrogens with zero attached hydrogens (tertiary/aromatic N) is 1. The van der Waals surface area contributed by atoms with Crippen molar-refractivity contribution in [2.75, 3.05) is 24.6 Å². The van der Waals surface area contributed by atoms with Crippen LogP contribution in [0.4, 0.5) is 0 Å². The Morgan fingerprint density at radius 1 is 1.42 bits per heavy atom. The third-order valence-corrected chi connectivity index (χ3v) is 4.50. The van der Waals surface area contributed by atoms with E-state index >= 15 is 0 Å². The van der Waals surface area contributed by atoms with E-state index in [1.165, 1.54) is 5.56 Å². The molecule has 1 aliphatic heterocycles. The molecular weight excluding hydrogens is 256 g/mol. The Hall–Kier alpha value is -1.00. The molecule has 1 aliphatic rings. The van der Waals surface area contributed by atoms with Crippen molar-refractivity contribution in [3.8, 4) is 0 Å². The Morgan fingerprint density at radius 2 is 2.21 bits per heavy atom. The molecule has 0 saturated carbocycles. The summed E-state index contributed by atoms with van der Waals surface area (Å²) in [6.07, 6.45) is 0.619. The molecule has 2 rings (SSSR count). The first-order valence-corrected chi connectivity index (χ1v) is 8.08. The number of hydrogen-bond acceptors (Lipinski definition) is 3. The molecule has 0 aliphatic carbocycles. The van der Waals surface area contributed by atoms with E-state index in [-0.39, 0.29) is 5.91 Å². The molecule has 1 heterocycles.